The van der Waals surface area contributed by atoms with E-state index in [1.807, 2.05) is 19.2 Å². The maximum atomic E-state index is 5.68. The van der Waals surface area contributed by atoms with Crippen LogP contribution in [0.15, 0.2) is 24.3 Å². The highest BCUT2D eigenvalue weighted by atomic mass is 14.8. The van der Waals surface area contributed by atoms with Crippen molar-refractivity contribution < 1.29 is 0 Å². The molecule has 0 radical (unpaired) electrons. The summed E-state index contributed by atoms with van der Waals surface area (Å²) in [4.78, 5) is 0. The zero-order valence-corrected chi connectivity index (χ0v) is 8.22. The molecule has 2 heteroatoms. The number of rotatable bonds is 5. The number of aryl methyl sites for hydroxylation is 1. The van der Waals surface area contributed by atoms with Gasteiger partial charge in [-0.05, 0) is 50.6 Å². The third-order valence-corrected chi connectivity index (χ3v) is 2.09. The molecule has 0 unspecified atom stereocenters. The molecule has 2 nitrogen and oxygen atoms in total. The number of nitrogens with one attached hydrogen (secondary N) is 1. The molecule has 0 atom stereocenters. The third-order valence-electron chi connectivity index (χ3n) is 2.09. The van der Waals surface area contributed by atoms with Crippen molar-refractivity contribution in [2.45, 2.75) is 19.3 Å². The van der Waals surface area contributed by atoms with Gasteiger partial charge in [-0.15, -0.1) is 0 Å². The Bertz CT molecular complexity index is 246. The van der Waals surface area contributed by atoms with Gasteiger partial charge in [0.05, 0.1) is 0 Å². The quantitative estimate of drug-likeness (QED) is 0.533. The predicted octanol–water partition coefficient (Wildman–Crippen LogP) is 1.81. The van der Waals surface area contributed by atoms with Gasteiger partial charge in [-0.2, -0.15) is 0 Å². The monoisotopic (exact) mass is 178 g/mol. The van der Waals surface area contributed by atoms with Crippen molar-refractivity contribution in [3.05, 3.63) is 29.8 Å². The Kier molecular flexibility index (Phi) is 4.33. The van der Waals surface area contributed by atoms with E-state index in [0.29, 0.717) is 0 Å². The Balaban J connectivity index is 2.28. The van der Waals surface area contributed by atoms with Gasteiger partial charge in [0.1, 0.15) is 0 Å². The Morgan fingerprint density at radius 3 is 2.85 bits per heavy atom. The van der Waals surface area contributed by atoms with Crippen molar-refractivity contribution in [2.75, 3.05) is 19.3 Å². The summed E-state index contributed by atoms with van der Waals surface area (Å²) in [5.74, 6) is 0. The Morgan fingerprint density at radius 2 is 2.15 bits per heavy atom. The van der Waals surface area contributed by atoms with Crippen molar-refractivity contribution in [1.29, 1.82) is 0 Å². The summed E-state index contributed by atoms with van der Waals surface area (Å²) in [6.45, 7) is 1.10. The first-order chi connectivity index (χ1) is 6.33. The largest absolute Gasteiger partial charge is 0.399 e. The molecule has 1 aromatic rings. The van der Waals surface area contributed by atoms with Gasteiger partial charge >= 0.3 is 0 Å². The third kappa shape index (κ3) is 3.95. The van der Waals surface area contributed by atoms with Crippen LogP contribution >= 0.6 is 0 Å². The topological polar surface area (TPSA) is 38.0 Å². The van der Waals surface area contributed by atoms with Crippen molar-refractivity contribution >= 4 is 5.69 Å². The van der Waals surface area contributed by atoms with E-state index in [1.165, 1.54) is 18.4 Å². The van der Waals surface area contributed by atoms with Crippen LogP contribution in [0.1, 0.15) is 18.4 Å². The summed E-state index contributed by atoms with van der Waals surface area (Å²) < 4.78 is 0. The number of unbranched alkanes of at least 4 members (excludes halogenated alkanes) is 1. The van der Waals surface area contributed by atoms with E-state index in [1.54, 1.807) is 0 Å². The van der Waals surface area contributed by atoms with Crippen LogP contribution in [-0.4, -0.2) is 13.6 Å². The molecule has 0 amide bonds. The summed E-state index contributed by atoms with van der Waals surface area (Å²) in [6.07, 6.45) is 3.59. The second-order valence-electron chi connectivity index (χ2n) is 3.31. The smallest absolute Gasteiger partial charge is 0.0316 e. The van der Waals surface area contributed by atoms with Crippen molar-refractivity contribution in [2.24, 2.45) is 0 Å². The highest BCUT2D eigenvalue weighted by Gasteiger charge is 1.93. The Labute approximate surface area is 80.1 Å². The van der Waals surface area contributed by atoms with E-state index < -0.39 is 0 Å². The SMILES string of the molecule is CNCCCCc1cccc(N)c1. The molecule has 72 valence electrons. The second kappa shape index (κ2) is 5.60. The van der Waals surface area contributed by atoms with E-state index in [9.17, 15) is 0 Å². The van der Waals surface area contributed by atoms with Crippen LogP contribution in [0, 0.1) is 0 Å². The number of hydrogen-bond donors (Lipinski definition) is 2. The summed E-state index contributed by atoms with van der Waals surface area (Å²) in [7, 11) is 1.99. The van der Waals surface area contributed by atoms with Crippen LogP contribution < -0.4 is 11.1 Å². The molecule has 0 fully saturated rings. The lowest BCUT2D eigenvalue weighted by atomic mass is 10.1. The lowest BCUT2D eigenvalue weighted by Gasteiger charge is -2.02. The average molecular weight is 178 g/mol. The maximum Gasteiger partial charge on any atom is 0.0316 e. The molecule has 0 heterocycles. The van der Waals surface area contributed by atoms with E-state index in [0.717, 1.165) is 18.7 Å². The maximum absolute atomic E-state index is 5.68. The lowest BCUT2D eigenvalue weighted by Crippen LogP contribution is -2.07. The van der Waals surface area contributed by atoms with Gasteiger partial charge in [0.25, 0.3) is 0 Å². The number of nitrogen functional groups attached to an aromatic ring is 1. The van der Waals surface area contributed by atoms with Gasteiger partial charge in [-0.25, -0.2) is 0 Å². The predicted molar refractivity (Wildman–Crippen MR) is 57.7 cm³/mol. The molecule has 3 N–H and O–H groups in total. The standard InChI is InChI=1S/C11H18N2/c1-13-8-3-2-5-10-6-4-7-11(12)9-10/h4,6-7,9,13H,2-3,5,8,12H2,1H3. The number of nitrogens with two attached hydrogens (primary N) is 1. The number of anilines is 1. The van der Waals surface area contributed by atoms with Crippen LogP contribution in [-0.2, 0) is 6.42 Å². The van der Waals surface area contributed by atoms with E-state index in [4.69, 9.17) is 5.73 Å². The first-order valence-electron chi connectivity index (χ1n) is 4.82. The van der Waals surface area contributed by atoms with Gasteiger partial charge in [-0.1, -0.05) is 12.1 Å². The minimum absolute atomic E-state index is 0.867. The first-order valence-corrected chi connectivity index (χ1v) is 4.82. The summed E-state index contributed by atoms with van der Waals surface area (Å²) in [5.41, 5.74) is 7.89. The Hall–Kier alpha value is -1.02. The van der Waals surface area contributed by atoms with Gasteiger partial charge in [0.15, 0.2) is 0 Å². The minimum Gasteiger partial charge on any atom is -0.399 e. The highest BCUT2D eigenvalue weighted by molar-refractivity contribution is 5.40. The summed E-state index contributed by atoms with van der Waals surface area (Å²) in [6, 6.07) is 8.13. The molecule has 0 aliphatic rings. The summed E-state index contributed by atoms with van der Waals surface area (Å²) >= 11 is 0. The van der Waals surface area contributed by atoms with E-state index in [-0.39, 0.29) is 0 Å². The Morgan fingerprint density at radius 1 is 1.31 bits per heavy atom. The average Bonchev–Trinajstić information content (AvgIpc) is 2.13. The first kappa shape index (κ1) is 10.1. The fourth-order valence-electron chi connectivity index (χ4n) is 1.38. The van der Waals surface area contributed by atoms with Crippen LogP contribution in [0.2, 0.25) is 0 Å². The highest BCUT2D eigenvalue weighted by Crippen LogP contribution is 2.09. The molecular weight excluding hydrogens is 160 g/mol. The van der Waals surface area contributed by atoms with Crippen LogP contribution in [0.5, 0.6) is 0 Å². The van der Waals surface area contributed by atoms with Crippen LogP contribution in [0.25, 0.3) is 0 Å². The molecule has 0 aliphatic heterocycles. The van der Waals surface area contributed by atoms with Gasteiger partial charge in [-0.3, -0.25) is 0 Å². The van der Waals surface area contributed by atoms with Gasteiger partial charge in [0, 0.05) is 5.69 Å². The molecule has 1 aromatic carbocycles. The number of benzene rings is 1. The molecule has 0 bridgehead atoms. The normalized spacial score (nSPS) is 10.2. The van der Waals surface area contributed by atoms with Crippen molar-refractivity contribution in [1.82, 2.24) is 5.32 Å². The van der Waals surface area contributed by atoms with Gasteiger partial charge < -0.3 is 11.1 Å². The molecule has 1 rings (SSSR count). The lowest BCUT2D eigenvalue weighted by molar-refractivity contribution is 0.677. The molecular formula is C11H18N2. The van der Waals surface area contributed by atoms with Crippen molar-refractivity contribution in [3.63, 3.8) is 0 Å². The molecule has 13 heavy (non-hydrogen) atoms. The van der Waals surface area contributed by atoms with Gasteiger partial charge in [0.2, 0.25) is 0 Å². The van der Waals surface area contributed by atoms with E-state index >= 15 is 0 Å². The molecule has 0 aromatic heterocycles. The summed E-state index contributed by atoms with van der Waals surface area (Å²) in [5, 5.41) is 3.14. The fraction of sp³-hybridized carbons (Fsp3) is 0.455. The molecule has 0 saturated carbocycles. The minimum atomic E-state index is 0.867. The molecule has 0 saturated heterocycles. The second-order valence-corrected chi connectivity index (χ2v) is 3.31. The fourth-order valence-corrected chi connectivity index (χ4v) is 1.38. The molecule has 0 spiro atoms. The zero-order valence-electron chi connectivity index (χ0n) is 8.22. The van der Waals surface area contributed by atoms with Crippen LogP contribution in [0.3, 0.4) is 0 Å². The molecule has 0 aliphatic carbocycles. The van der Waals surface area contributed by atoms with Crippen LogP contribution in [0.4, 0.5) is 5.69 Å². The number of hydrogen-bond acceptors (Lipinski definition) is 2. The van der Waals surface area contributed by atoms with E-state index in [2.05, 4.69) is 17.4 Å². The zero-order chi connectivity index (χ0) is 9.52. The van der Waals surface area contributed by atoms with Crippen molar-refractivity contribution in [3.8, 4) is 0 Å².